The summed E-state index contributed by atoms with van der Waals surface area (Å²) in [5.41, 5.74) is 5.56. The number of nitrogens with zero attached hydrogens (tertiary/aromatic N) is 3. The van der Waals surface area contributed by atoms with E-state index in [1.807, 2.05) is 32.0 Å². The molecule has 8 heteroatoms. The number of benzene rings is 2. The van der Waals surface area contributed by atoms with Crippen LogP contribution in [-0.4, -0.2) is 40.3 Å². The Bertz CT molecular complexity index is 1250. The van der Waals surface area contributed by atoms with Gasteiger partial charge in [-0.1, -0.05) is 0 Å². The zero-order chi connectivity index (χ0) is 21.3. The van der Waals surface area contributed by atoms with E-state index < -0.39 is 0 Å². The van der Waals surface area contributed by atoms with Crippen LogP contribution < -0.4 is 14.8 Å². The lowest BCUT2D eigenvalue weighted by atomic mass is 10.1. The smallest absolute Gasteiger partial charge is 0.273 e. The molecule has 0 fully saturated rings. The van der Waals surface area contributed by atoms with E-state index in [1.165, 1.54) is 0 Å². The number of methoxy groups -OCH3 is 2. The third-order valence-corrected chi connectivity index (χ3v) is 4.84. The number of nitrogens with one attached hydrogen (secondary N) is 2. The second kappa shape index (κ2) is 7.82. The van der Waals surface area contributed by atoms with Gasteiger partial charge in [-0.25, -0.2) is 9.97 Å². The third kappa shape index (κ3) is 3.67. The van der Waals surface area contributed by atoms with Crippen LogP contribution in [-0.2, 0) is 0 Å². The first-order valence-corrected chi connectivity index (χ1v) is 9.32. The van der Waals surface area contributed by atoms with Gasteiger partial charge in [0.25, 0.3) is 5.91 Å². The first kappa shape index (κ1) is 19.4. The molecule has 0 aliphatic carbocycles. The van der Waals surface area contributed by atoms with Gasteiger partial charge in [-0.3, -0.25) is 9.89 Å². The lowest BCUT2D eigenvalue weighted by Gasteiger charge is -2.08. The van der Waals surface area contributed by atoms with Crippen molar-refractivity contribution >= 4 is 22.6 Å². The molecule has 152 valence electrons. The first-order valence-electron chi connectivity index (χ1n) is 9.32. The summed E-state index contributed by atoms with van der Waals surface area (Å²) in [6.45, 7) is 3.83. The Balaban J connectivity index is 1.58. The predicted molar refractivity (Wildman–Crippen MR) is 114 cm³/mol. The lowest BCUT2D eigenvalue weighted by Crippen LogP contribution is -2.12. The average molecular weight is 403 g/mol. The van der Waals surface area contributed by atoms with Crippen LogP contribution in [0, 0.1) is 13.8 Å². The Morgan fingerprint density at radius 2 is 1.70 bits per heavy atom. The molecular formula is C22H21N5O3. The molecule has 0 saturated heterocycles. The van der Waals surface area contributed by atoms with Gasteiger partial charge in [-0.05, 0) is 50.2 Å². The SMILES string of the molecule is COc1ccc(-c2cc(C(=O)Nc3ccc4nc(C)c(C)nc4c3)[nH]n2)c(OC)c1. The zero-order valence-corrected chi connectivity index (χ0v) is 17.1. The largest absolute Gasteiger partial charge is 0.497 e. The normalized spacial score (nSPS) is 10.8. The van der Waals surface area contributed by atoms with E-state index in [0.29, 0.717) is 28.6 Å². The van der Waals surface area contributed by atoms with Gasteiger partial charge >= 0.3 is 0 Å². The van der Waals surface area contributed by atoms with E-state index in [1.54, 1.807) is 38.5 Å². The number of amides is 1. The topological polar surface area (TPSA) is 102 Å². The maximum atomic E-state index is 12.7. The number of carbonyl (C=O) groups excluding carboxylic acids is 1. The van der Waals surface area contributed by atoms with Crippen LogP contribution in [0.3, 0.4) is 0 Å². The van der Waals surface area contributed by atoms with Gasteiger partial charge in [0.05, 0.1) is 42.3 Å². The molecule has 0 aliphatic rings. The number of anilines is 1. The number of fused-ring (bicyclic) bond motifs is 1. The summed E-state index contributed by atoms with van der Waals surface area (Å²) in [4.78, 5) is 21.7. The fourth-order valence-electron chi connectivity index (χ4n) is 3.09. The number of ether oxygens (including phenoxy) is 2. The maximum absolute atomic E-state index is 12.7. The molecule has 2 aromatic carbocycles. The standard InChI is InChI=1S/C22H21N5O3/c1-12-13(2)24-19-9-14(5-8-17(19)23-12)25-22(28)20-11-18(26-27-20)16-7-6-15(29-3)10-21(16)30-4/h5-11H,1-4H3,(H,25,28)(H,26,27). The zero-order valence-electron chi connectivity index (χ0n) is 17.1. The minimum atomic E-state index is -0.308. The summed E-state index contributed by atoms with van der Waals surface area (Å²) in [6.07, 6.45) is 0. The number of hydrogen-bond acceptors (Lipinski definition) is 6. The van der Waals surface area contributed by atoms with Crippen LogP contribution in [0.5, 0.6) is 11.5 Å². The van der Waals surface area contributed by atoms with Crippen LogP contribution in [0.4, 0.5) is 5.69 Å². The highest BCUT2D eigenvalue weighted by Crippen LogP contribution is 2.32. The highest BCUT2D eigenvalue weighted by atomic mass is 16.5. The molecule has 2 N–H and O–H groups in total. The molecule has 0 aliphatic heterocycles. The van der Waals surface area contributed by atoms with Crippen molar-refractivity contribution in [1.82, 2.24) is 20.2 Å². The van der Waals surface area contributed by atoms with Crippen LogP contribution >= 0.6 is 0 Å². The van der Waals surface area contributed by atoms with Gasteiger partial charge in [0.1, 0.15) is 17.2 Å². The van der Waals surface area contributed by atoms with Crippen molar-refractivity contribution in [2.75, 3.05) is 19.5 Å². The van der Waals surface area contributed by atoms with Crippen LogP contribution in [0.15, 0.2) is 42.5 Å². The Labute approximate surface area is 173 Å². The maximum Gasteiger partial charge on any atom is 0.273 e. The molecule has 4 rings (SSSR count). The summed E-state index contributed by atoms with van der Waals surface area (Å²) in [5.74, 6) is 0.970. The second-order valence-electron chi connectivity index (χ2n) is 6.79. The van der Waals surface area contributed by atoms with E-state index in [0.717, 1.165) is 28.0 Å². The fourth-order valence-corrected chi connectivity index (χ4v) is 3.09. The van der Waals surface area contributed by atoms with Gasteiger partial charge in [0.2, 0.25) is 0 Å². The molecule has 0 atom stereocenters. The minimum Gasteiger partial charge on any atom is -0.497 e. The van der Waals surface area contributed by atoms with Gasteiger partial charge in [-0.2, -0.15) is 5.10 Å². The van der Waals surface area contributed by atoms with E-state index in [2.05, 4.69) is 25.5 Å². The van der Waals surface area contributed by atoms with Crippen molar-refractivity contribution in [1.29, 1.82) is 0 Å². The van der Waals surface area contributed by atoms with Gasteiger partial charge in [-0.15, -0.1) is 0 Å². The van der Waals surface area contributed by atoms with Crippen molar-refractivity contribution < 1.29 is 14.3 Å². The number of aryl methyl sites for hydroxylation is 2. The molecule has 0 radical (unpaired) electrons. The number of carbonyl (C=O) groups is 1. The van der Waals surface area contributed by atoms with E-state index in [4.69, 9.17) is 9.47 Å². The monoisotopic (exact) mass is 403 g/mol. The molecule has 0 saturated carbocycles. The number of aromatic nitrogens is 4. The lowest BCUT2D eigenvalue weighted by molar-refractivity contribution is 0.102. The van der Waals surface area contributed by atoms with Gasteiger partial charge in [0, 0.05) is 17.3 Å². The summed E-state index contributed by atoms with van der Waals surface area (Å²) < 4.78 is 10.6. The van der Waals surface area contributed by atoms with Crippen LogP contribution in [0.2, 0.25) is 0 Å². The summed E-state index contributed by atoms with van der Waals surface area (Å²) in [7, 11) is 3.16. The van der Waals surface area contributed by atoms with Crippen molar-refractivity contribution in [2.45, 2.75) is 13.8 Å². The first-order chi connectivity index (χ1) is 14.5. The molecule has 0 bridgehead atoms. The molecule has 0 spiro atoms. The number of H-pyrrole nitrogens is 1. The van der Waals surface area contributed by atoms with Crippen molar-refractivity contribution in [2.24, 2.45) is 0 Å². The molecule has 30 heavy (non-hydrogen) atoms. The molecule has 8 nitrogen and oxygen atoms in total. The Kier molecular flexibility index (Phi) is 5.05. The van der Waals surface area contributed by atoms with Crippen molar-refractivity contribution in [3.8, 4) is 22.8 Å². The fraction of sp³-hybridized carbons (Fsp3) is 0.182. The minimum absolute atomic E-state index is 0.308. The van der Waals surface area contributed by atoms with Crippen LogP contribution in [0.25, 0.3) is 22.3 Å². The average Bonchev–Trinajstić information content (AvgIpc) is 3.24. The predicted octanol–water partition coefficient (Wildman–Crippen LogP) is 3.91. The third-order valence-electron chi connectivity index (χ3n) is 4.84. The summed E-state index contributed by atoms with van der Waals surface area (Å²) in [6, 6.07) is 12.5. The highest BCUT2D eigenvalue weighted by Gasteiger charge is 2.15. The Morgan fingerprint density at radius 1 is 0.933 bits per heavy atom. The van der Waals surface area contributed by atoms with Gasteiger partial charge < -0.3 is 14.8 Å². The summed E-state index contributed by atoms with van der Waals surface area (Å²) in [5, 5.41) is 9.90. The molecular weight excluding hydrogens is 382 g/mol. The van der Waals surface area contributed by atoms with Crippen LogP contribution in [0.1, 0.15) is 21.9 Å². The number of aromatic amines is 1. The van der Waals surface area contributed by atoms with Crippen molar-refractivity contribution in [3.05, 3.63) is 59.5 Å². The highest BCUT2D eigenvalue weighted by molar-refractivity contribution is 6.04. The number of rotatable bonds is 5. The Hall–Kier alpha value is -3.94. The van der Waals surface area contributed by atoms with E-state index in [-0.39, 0.29) is 5.91 Å². The summed E-state index contributed by atoms with van der Waals surface area (Å²) >= 11 is 0. The van der Waals surface area contributed by atoms with E-state index in [9.17, 15) is 4.79 Å². The van der Waals surface area contributed by atoms with Crippen molar-refractivity contribution in [3.63, 3.8) is 0 Å². The number of hydrogen-bond donors (Lipinski definition) is 2. The Morgan fingerprint density at radius 3 is 2.43 bits per heavy atom. The molecule has 1 amide bonds. The molecule has 2 aromatic heterocycles. The van der Waals surface area contributed by atoms with E-state index >= 15 is 0 Å². The second-order valence-corrected chi connectivity index (χ2v) is 6.79. The molecule has 2 heterocycles. The molecule has 4 aromatic rings. The molecule has 0 unspecified atom stereocenters. The quantitative estimate of drug-likeness (QED) is 0.524. The van der Waals surface area contributed by atoms with Gasteiger partial charge in [0.15, 0.2) is 0 Å².